The summed E-state index contributed by atoms with van der Waals surface area (Å²) in [5, 5.41) is 9.64. The van der Waals surface area contributed by atoms with Gasteiger partial charge in [0.1, 0.15) is 0 Å². The fourth-order valence-corrected chi connectivity index (χ4v) is 5.41. The summed E-state index contributed by atoms with van der Waals surface area (Å²) in [6.45, 7) is 1.20. The Morgan fingerprint density at radius 1 is 1.22 bits per heavy atom. The van der Waals surface area contributed by atoms with Crippen LogP contribution in [0.5, 0.6) is 0 Å². The van der Waals surface area contributed by atoms with E-state index in [1.54, 1.807) is 0 Å². The summed E-state index contributed by atoms with van der Waals surface area (Å²) in [7, 11) is -7.09. The lowest BCUT2D eigenvalue weighted by atomic mass is 9.82. The molecule has 2 aliphatic rings. The van der Waals surface area contributed by atoms with Crippen molar-refractivity contribution in [3.05, 3.63) is 24.3 Å². The Morgan fingerprint density at radius 2 is 1.83 bits per heavy atom. The van der Waals surface area contributed by atoms with Crippen LogP contribution in [0.25, 0.3) is 0 Å². The summed E-state index contributed by atoms with van der Waals surface area (Å²) >= 11 is 0. The largest absolute Gasteiger partial charge is 0.396 e. The SMILES string of the molecule is CS(=O)(=O)c1ccc(S(=O)(=O)N2C[C@H]3COC[C@@]3(CO)C2)cc1. The smallest absolute Gasteiger partial charge is 0.243 e. The molecule has 2 saturated heterocycles. The van der Waals surface area contributed by atoms with E-state index in [0.29, 0.717) is 19.8 Å². The summed E-state index contributed by atoms with van der Waals surface area (Å²) in [5.41, 5.74) is -0.528. The minimum atomic E-state index is -3.72. The van der Waals surface area contributed by atoms with Crippen LogP contribution in [0.4, 0.5) is 0 Å². The van der Waals surface area contributed by atoms with Crippen molar-refractivity contribution in [1.29, 1.82) is 0 Å². The number of hydrogen-bond acceptors (Lipinski definition) is 6. The van der Waals surface area contributed by atoms with E-state index in [-0.39, 0.29) is 28.9 Å². The molecule has 3 rings (SSSR count). The standard InChI is InChI=1S/C14H19NO6S2/c1-22(17,18)12-2-4-13(5-3-12)23(19,20)15-6-11-7-21-10-14(11,8-15)9-16/h2-5,11,16H,6-10H2,1H3/t11-,14-/m0/s1. The van der Waals surface area contributed by atoms with Crippen LogP contribution < -0.4 is 0 Å². The summed E-state index contributed by atoms with van der Waals surface area (Å²) in [6, 6.07) is 5.21. The number of aliphatic hydroxyl groups is 1. The van der Waals surface area contributed by atoms with Crippen molar-refractivity contribution in [3.8, 4) is 0 Å². The van der Waals surface area contributed by atoms with E-state index in [0.717, 1.165) is 6.26 Å². The van der Waals surface area contributed by atoms with Crippen molar-refractivity contribution >= 4 is 19.9 Å². The molecule has 1 aromatic carbocycles. The van der Waals surface area contributed by atoms with Crippen LogP contribution in [0.2, 0.25) is 0 Å². The molecule has 2 atom stereocenters. The zero-order chi connectivity index (χ0) is 16.9. The zero-order valence-corrected chi connectivity index (χ0v) is 14.3. The first-order chi connectivity index (χ1) is 10.7. The molecule has 1 N–H and O–H groups in total. The molecule has 0 aromatic heterocycles. The molecule has 2 fully saturated rings. The van der Waals surface area contributed by atoms with Gasteiger partial charge in [-0.1, -0.05) is 0 Å². The van der Waals surface area contributed by atoms with Crippen LogP contribution in [0.1, 0.15) is 0 Å². The number of nitrogens with zero attached hydrogens (tertiary/aromatic N) is 1. The zero-order valence-electron chi connectivity index (χ0n) is 12.7. The van der Waals surface area contributed by atoms with Gasteiger partial charge in [0.25, 0.3) is 0 Å². The van der Waals surface area contributed by atoms with Crippen molar-refractivity contribution in [1.82, 2.24) is 4.31 Å². The molecule has 1 aromatic rings. The number of aliphatic hydroxyl groups excluding tert-OH is 1. The molecule has 2 aliphatic heterocycles. The van der Waals surface area contributed by atoms with E-state index in [2.05, 4.69) is 0 Å². The van der Waals surface area contributed by atoms with Gasteiger partial charge in [-0.25, -0.2) is 16.8 Å². The molecular weight excluding hydrogens is 342 g/mol. The molecule has 23 heavy (non-hydrogen) atoms. The minimum absolute atomic E-state index is 0.0161. The Morgan fingerprint density at radius 3 is 2.35 bits per heavy atom. The Labute approximate surface area is 135 Å². The summed E-state index contributed by atoms with van der Waals surface area (Å²) < 4.78 is 55.1. The average Bonchev–Trinajstić information content (AvgIpc) is 3.04. The predicted octanol–water partition coefficient (Wildman–Crippen LogP) is -0.280. The lowest BCUT2D eigenvalue weighted by Gasteiger charge is -2.24. The van der Waals surface area contributed by atoms with Gasteiger partial charge in [-0.15, -0.1) is 0 Å². The lowest BCUT2D eigenvalue weighted by Crippen LogP contribution is -2.36. The number of sulfonamides is 1. The topological polar surface area (TPSA) is 101 Å². The third kappa shape index (κ3) is 2.80. The van der Waals surface area contributed by atoms with E-state index >= 15 is 0 Å². The number of hydrogen-bond donors (Lipinski definition) is 1. The molecule has 9 heteroatoms. The number of rotatable bonds is 4. The highest BCUT2D eigenvalue weighted by Crippen LogP contribution is 2.42. The van der Waals surface area contributed by atoms with Crippen LogP contribution >= 0.6 is 0 Å². The minimum Gasteiger partial charge on any atom is -0.396 e. The van der Waals surface area contributed by atoms with Gasteiger partial charge in [-0.05, 0) is 24.3 Å². The second-order valence-corrected chi connectivity index (χ2v) is 10.2. The van der Waals surface area contributed by atoms with Crippen LogP contribution in [0.15, 0.2) is 34.1 Å². The molecule has 0 bridgehead atoms. The maximum absolute atomic E-state index is 12.7. The molecule has 0 amide bonds. The van der Waals surface area contributed by atoms with E-state index in [4.69, 9.17) is 4.74 Å². The van der Waals surface area contributed by atoms with E-state index in [1.165, 1.54) is 28.6 Å². The predicted molar refractivity (Wildman–Crippen MR) is 82.1 cm³/mol. The van der Waals surface area contributed by atoms with Crippen LogP contribution in [0, 0.1) is 11.3 Å². The number of ether oxygens (including phenoxy) is 1. The van der Waals surface area contributed by atoms with Crippen molar-refractivity contribution in [2.75, 3.05) is 39.2 Å². The molecule has 0 aliphatic carbocycles. The number of fused-ring (bicyclic) bond motifs is 1. The summed E-state index contributed by atoms with van der Waals surface area (Å²) in [6.07, 6.45) is 1.07. The van der Waals surface area contributed by atoms with Gasteiger partial charge in [-0.2, -0.15) is 4.31 Å². The first kappa shape index (κ1) is 16.8. The second-order valence-electron chi connectivity index (χ2n) is 6.27. The molecule has 7 nitrogen and oxygen atoms in total. The third-order valence-corrected chi connectivity index (χ3v) is 7.65. The Bertz CT molecular complexity index is 802. The highest BCUT2D eigenvalue weighted by Gasteiger charge is 2.53. The van der Waals surface area contributed by atoms with Crippen LogP contribution in [0.3, 0.4) is 0 Å². The highest BCUT2D eigenvalue weighted by atomic mass is 32.2. The Kier molecular flexibility index (Phi) is 4.04. The quantitative estimate of drug-likeness (QED) is 0.792. The van der Waals surface area contributed by atoms with Gasteiger partial charge in [-0.3, -0.25) is 0 Å². The third-order valence-electron chi connectivity index (χ3n) is 4.69. The van der Waals surface area contributed by atoms with Crippen molar-refractivity contribution in [2.45, 2.75) is 9.79 Å². The van der Waals surface area contributed by atoms with E-state index in [9.17, 15) is 21.9 Å². The lowest BCUT2D eigenvalue weighted by molar-refractivity contribution is 0.0905. The molecular formula is C14H19NO6S2. The van der Waals surface area contributed by atoms with Gasteiger partial charge in [0.2, 0.25) is 10.0 Å². The molecule has 128 valence electrons. The van der Waals surface area contributed by atoms with Gasteiger partial charge in [0.15, 0.2) is 9.84 Å². The van der Waals surface area contributed by atoms with Crippen molar-refractivity contribution in [3.63, 3.8) is 0 Å². The van der Waals surface area contributed by atoms with E-state index < -0.39 is 25.3 Å². The molecule has 0 spiro atoms. The molecule has 2 heterocycles. The van der Waals surface area contributed by atoms with Gasteiger partial charge >= 0.3 is 0 Å². The number of sulfone groups is 1. The van der Waals surface area contributed by atoms with E-state index in [1.807, 2.05) is 0 Å². The molecule has 0 radical (unpaired) electrons. The normalized spacial score (nSPS) is 28.9. The maximum Gasteiger partial charge on any atom is 0.243 e. The monoisotopic (exact) mass is 361 g/mol. The molecule has 0 saturated carbocycles. The second kappa shape index (κ2) is 5.52. The van der Waals surface area contributed by atoms with Gasteiger partial charge in [0.05, 0.1) is 29.6 Å². The average molecular weight is 361 g/mol. The number of benzene rings is 1. The van der Waals surface area contributed by atoms with Crippen LogP contribution in [-0.2, 0) is 24.6 Å². The Balaban J connectivity index is 1.88. The van der Waals surface area contributed by atoms with Crippen molar-refractivity contribution in [2.24, 2.45) is 11.3 Å². The van der Waals surface area contributed by atoms with Gasteiger partial charge in [0, 0.05) is 30.7 Å². The fourth-order valence-electron chi connectivity index (χ4n) is 3.20. The first-order valence-electron chi connectivity index (χ1n) is 7.18. The van der Waals surface area contributed by atoms with Crippen molar-refractivity contribution < 1.29 is 26.7 Å². The summed E-state index contributed by atoms with van der Waals surface area (Å²) in [4.78, 5) is 0.133. The first-order valence-corrected chi connectivity index (χ1v) is 10.5. The summed E-state index contributed by atoms with van der Waals surface area (Å²) in [5.74, 6) is -0.0161. The Hall–Kier alpha value is -1.00. The molecule has 0 unspecified atom stereocenters. The maximum atomic E-state index is 12.7. The van der Waals surface area contributed by atoms with Gasteiger partial charge < -0.3 is 9.84 Å². The fraction of sp³-hybridized carbons (Fsp3) is 0.571. The highest BCUT2D eigenvalue weighted by molar-refractivity contribution is 7.90. The van der Waals surface area contributed by atoms with Crippen LogP contribution in [-0.4, -0.2) is 65.4 Å².